The first-order valence-corrected chi connectivity index (χ1v) is 6.64. The number of carbonyl (C=O) groups excluding carboxylic acids is 1. The molecule has 0 saturated carbocycles. The predicted octanol–water partition coefficient (Wildman–Crippen LogP) is 3.08. The highest BCUT2D eigenvalue weighted by atomic mass is 16.5. The van der Waals surface area contributed by atoms with Gasteiger partial charge in [-0.1, -0.05) is 19.1 Å². The third kappa shape index (κ3) is 3.33. The molecule has 1 fully saturated rings. The maximum absolute atomic E-state index is 11.8. The predicted molar refractivity (Wildman–Crippen MR) is 70.1 cm³/mol. The smallest absolute Gasteiger partial charge is 0.166 e. The normalized spacial score (nSPS) is 16.5. The molecule has 2 rings (SSSR count). The summed E-state index contributed by atoms with van der Waals surface area (Å²) in [5.41, 5.74) is 0.701. The second kappa shape index (κ2) is 6.55. The van der Waals surface area contributed by atoms with Crippen LogP contribution in [0.4, 0.5) is 0 Å². The Labute approximate surface area is 108 Å². The highest BCUT2D eigenvalue weighted by Gasteiger charge is 2.16. The first-order valence-electron chi connectivity index (χ1n) is 6.64. The summed E-state index contributed by atoms with van der Waals surface area (Å²) in [6, 6.07) is 7.50. The SMILES string of the molecule is CCC(=O)c1ccccc1OCC1CCOCC1. The van der Waals surface area contributed by atoms with Crippen molar-refractivity contribution in [3.05, 3.63) is 29.8 Å². The topological polar surface area (TPSA) is 35.5 Å². The number of rotatable bonds is 5. The Morgan fingerprint density at radius 3 is 2.78 bits per heavy atom. The van der Waals surface area contributed by atoms with Gasteiger partial charge in [-0.15, -0.1) is 0 Å². The van der Waals surface area contributed by atoms with Gasteiger partial charge in [0.2, 0.25) is 0 Å². The maximum Gasteiger partial charge on any atom is 0.166 e. The van der Waals surface area contributed by atoms with Crippen LogP contribution in [0.3, 0.4) is 0 Å². The van der Waals surface area contributed by atoms with Crippen LogP contribution >= 0.6 is 0 Å². The Bertz CT molecular complexity index is 394. The second-order valence-electron chi connectivity index (χ2n) is 4.64. The molecule has 98 valence electrons. The number of hydrogen-bond acceptors (Lipinski definition) is 3. The largest absolute Gasteiger partial charge is 0.493 e. The lowest BCUT2D eigenvalue weighted by Gasteiger charge is -2.22. The summed E-state index contributed by atoms with van der Waals surface area (Å²) in [5, 5.41) is 0. The molecule has 1 aromatic carbocycles. The summed E-state index contributed by atoms with van der Waals surface area (Å²) in [6.45, 7) is 4.20. The molecule has 1 heterocycles. The van der Waals surface area contributed by atoms with Crippen molar-refractivity contribution in [1.29, 1.82) is 0 Å². The Morgan fingerprint density at radius 1 is 1.33 bits per heavy atom. The average Bonchev–Trinajstić information content (AvgIpc) is 2.45. The molecule has 3 heteroatoms. The van der Waals surface area contributed by atoms with Crippen molar-refractivity contribution in [2.24, 2.45) is 5.92 Å². The zero-order valence-corrected chi connectivity index (χ0v) is 10.9. The zero-order chi connectivity index (χ0) is 12.8. The minimum Gasteiger partial charge on any atom is -0.493 e. The highest BCUT2D eigenvalue weighted by Crippen LogP contribution is 2.22. The van der Waals surface area contributed by atoms with Crippen LogP contribution in [0.5, 0.6) is 5.75 Å². The average molecular weight is 248 g/mol. The number of carbonyl (C=O) groups is 1. The van der Waals surface area contributed by atoms with E-state index < -0.39 is 0 Å². The summed E-state index contributed by atoms with van der Waals surface area (Å²) in [7, 11) is 0. The maximum atomic E-state index is 11.8. The van der Waals surface area contributed by atoms with Gasteiger partial charge in [-0.2, -0.15) is 0 Å². The van der Waals surface area contributed by atoms with Gasteiger partial charge >= 0.3 is 0 Å². The van der Waals surface area contributed by atoms with E-state index in [4.69, 9.17) is 9.47 Å². The fourth-order valence-corrected chi connectivity index (χ4v) is 2.13. The molecule has 1 aromatic rings. The van der Waals surface area contributed by atoms with E-state index in [1.807, 2.05) is 31.2 Å². The van der Waals surface area contributed by atoms with E-state index in [1.165, 1.54) is 0 Å². The van der Waals surface area contributed by atoms with E-state index in [9.17, 15) is 4.79 Å². The molecule has 0 aliphatic carbocycles. The highest BCUT2D eigenvalue weighted by molar-refractivity contribution is 5.98. The Balaban J connectivity index is 1.97. The number of para-hydroxylation sites is 1. The van der Waals surface area contributed by atoms with Crippen molar-refractivity contribution in [2.75, 3.05) is 19.8 Å². The van der Waals surface area contributed by atoms with Crippen molar-refractivity contribution in [1.82, 2.24) is 0 Å². The quantitative estimate of drug-likeness (QED) is 0.751. The number of ether oxygens (including phenoxy) is 2. The summed E-state index contributed by atoms with van der Waals surface area (Å²) >= 11 is 0. The molecular formula is C15H20O3. The summed E-state index contributed by atoms with van der Waals surface area (Å²) < 4.78 is 11.1. The molecule has 1 saturated heterocycles. The van der Waals surface area contributed by atoms with Gasteiger partial charge in [0.15, 0.2) is 5.78 Å². The molecule has 0 unspecified atom stereocenters. The Hall–Kier alpha value is -1.35. The fraction of sp³-hybridized carbons (Fsp3) is 0.533. The third-order valence-electron chi connectivity index (χ3n) is 3.32. The fourth-order valence-electron chi connectivity index (χ4n) is 2.13. The summed E-state index contributed by atoms with van der Waals surface area (Å²) in [6.07, 6.45) is 2.60. The monoisotopic (exact) mass is 248 g/mol. The molecule has 0 radical (unpaired) electrons. The van der Waals surface area contributed by atoms with Crippen LogP contribution in [0.15, 0.2) is 24.3 Å². The minimum absolute atomic E-state index is 0.137. The van der Waals surface area contributed by atoms with Crippen LogP contribution in [0, 0.1) is 5.92 Å². The molecule has 0 N–H and O–H groups in total. The molecule has 0 spiro atoms. The molecule has 1 aliphatic heterocycles. The van der Waals surface area contributed by atoms with E-state index in [0.29, 0.717) is 24.5 Å². The van der Waals surface area contributed by atoms with Gasteiger partial charge < -0.3 is 9.47 Å². The van der Waals surface area contributed by atoms with Crippen molar-refractivity contribution >= 4 is 5.78 Å². The number of hydrogen-bond donors (Lipinski definition) is 0. The van der Waals surface area contributed by atoms with Gasteiger partial charge in [-0.3, -0.25) is 4.79 Å². The first-order chi connectivity index (χ1) is 8.81. The summed E-state index contributed by atoms with van der Waals surface area (Å²) in [4.78, 5) is 11.8. The second-order valence-corrected chi connectivity index (χ2v) is 4.64. The molecular weight excluding hydrogens is 228 g/mol. The van der Waals surface area contributed by atoms with Gasteiger partial charge in [-0.25, -0.2) is 0 Å². The van der Waals surface area contributed by atoms with Crippen LogP contribution in [-0.2, 0) is 4.74 Å². The van der Waals surface area contributed by atoms with E-state index in [1.54, 1.807) is 0 Å². The van der Waals surface area contributed by atoms with Crippen molar-refractivity contribution in [2.45, 2.75) is 26.2 Å². The van der Waals surface area contributed by atoms with Crippen molar-refractivity contribution < 1.29 is 14.3 Å². The Kier molecular flexibility index (Phi) is 4.76. The summed E-state index contributed by atoms with van der Waals surface area (Å²) in [5.74, 6) is 1.40. The van der Waals surface area contributed by atoms with Crippen LogP contribution in [0.1, 0.15) is 36.5 Å². The lowest BCUT2D eigenvalue weighted by atomic mass is 10.0. The number of Topliss-reactive ketones (excluding diaryl/α,β-unsaturated/α-hetero) is 1. The first kappa shape index (κ1) is 13.1. The lowest BCUT2D eigenvalue weighted by molar-refractivity contribution is 0.0495. The van der Waals surface area contributed by atoms with Crippen molar-refractivity contribution in [3.63, 3.8) is 0 Å². The minimum atomic E-state index is 0.137. The van der Waals surface area contributed by atoms with Crippen LogP contribution < -0.4 is 4.74 Å². The molecule has 18 heavy (non-hydrogen) atoms. The van der Waals surface area contributed by atoms with E-state index >= 15 is 0 Å². The molecule has 0 bridgehead atoms. The van der Waals surface area contributed by atoms with Gasteiger partial charge in [0.05, 0.1) is 12.2 Å². The van der Waals surface area contributed by atoms with Crippen molar-refractivity contribution in [3.8, 4) is 5.75 Å². The lowest BCUT2D eigenvalue weighted by Crippen LogP contribution is -2.21. The van der Waals surface area contributed by atoms with Gasteiger partial charge in [-0.05, 0) is 30.9 Å². The van der Waals surface area contributed by atoms with Gasteiger partial charge in [0.1, 0.15) is 5.75 Å². The van der Waals surface area contributed by atoms with E-state index in [2.05, 4.69) is 0 Å². The molecule has 0 aromatic heterocycles. The van der Waals surface area contributed by atoms with Gasteiger partial charge in [0.25, 0.3) is 0 Å². The molecule has 3 nitrogen and oxygen atoms in total. The van der Waals surface area contributed by atoms with E-state index in [0.717, 1.165) is 31.8 Å². The Morgan fingerprint density at radius 2 is 2.06 bits per heavy atom. The van der Waals surface area contributed by atoms with Crippen LogP contribution in [-0.4, -0.2) is 25.6 Å². The van der Waals surface area contributed by atoms with Crippen LogP contribution in [0.25, 0.3) is 0 Å². The number of benzene rings is 1. The molecule has 1 aliphatic rings. The van der Waals surface area contributed by atoms with Gasteiger partial charge in [0, 0.05) is 19.6 Å². The molecule has 0 atom stereocenters. The van der Waals surface area contributed by atoms with Crippen LogP contribution in [0.2, 0.25) is 0 Å². The molecule has 0 amide bonds. The standard InChI is InChI=1S/C15H20O3/c1-2-14(16)13-5-3-4-6-15(13)18-11-12-7-9-17-10-8-12/h3-6,12H,2,7-11H2,1H3. The number of ketones is 1. The third-order valence-corrected chi connectivity index (χ3v) is 3.32. The zero-order valence-electron chi connectivity index (χ0n) is 10.9. The van der Waals surface area contributed by atoms with E-state index in [-0.39, 0.29) is 5.78 Å².